The molecule has 0 saturated carbocycles. The lowest BCUT2D eigenvalue weighted by Gasteiger charge is -2.25. The first-order valence-corrected chi connectivity index (χ1v) is 6.77. The quantitative estimate of drug-likeness (QED) is 0.825. The van der Waals surface area contributed by atoms with Gasteiger partial charge in [-0.15, -0.1) is 0 Å². The van der Waals surface area contributed by atoms with Crippen LogP contribution in [0.3, 0.4) is 0 Å². The third-order valence-electron chi connectivity index (χ3n) is 2.26. The van der Waals surface area contributed by atoms with Crippen LogP contribution >= 0.6 is 31.9 Å². The second-order valence-electron chi connectivity index (χ2n) is 3.86. The predicted molar refractivity (Wildman–Crippen MR) is 72.5 cm³/mol. The SMILES string of the molecule is COc1cc(Br)c(OC(C(C)N)C(F)(F)F)cc1Br. The van der Waals surface area contributed by atoms with Crippen molar-refractivity contribution in [2.45, 2.75) is 25.2 Å². The van der Waals surface area contributed by atoms with Gasteiger partial charge in [-0.05, 0) is 50.9 Å². The number of benzene rings is 1. The predicted octanol–water partition coefficient (Wildman–Crippen LogP) is 3.88. The summed E-state index contributed by atoms with van der Waals surface area (Å²) in [4.78, 5) is 0. The third kappa shape index (κ3) is 4.25. The molecular formula is C11H12Br2F3NO2. The minimum absolute atomic E-state index is 0.0345. The molecule has 2 atom stereocenters. The van der Waals surface area contributed by atoms with Crippen molar-refractivity contribution in [2.24, 2.45) is 5.73 Å². The zero-order valence-electron chi connectivity index (χ0n) is 10.1. The molecule has 0 amide bonds. The van der Waals surface area contributed by atoms with E-state index >= 15 is 0 Å². The van der Waals surface area contributed by atoms with Crippen molar-refractivity contribution < 1.29 is 22.6 Å². The monoisotopic (exact) mass is 405 g/mol. The third-order valence-corrected chi connectivity index (χ3v) is 3.50. The molecule has 0 aliphatic heterocycles. The van der Waals surface area contributed by atoms with Gasteiger partial charge in [0.25, 0.3) is 0 Å². The van der Waals surface area contributed by atoms with Crippen LogP contribution in [0.15, 0.2) is 21.1 Å². The Hall–Kier alpha value is -0.470. The van der Waals surface area contributed by atoms with Gasteiger partial charge >= 0.3 is 6.18 Å². The maximum atomic E-state index is 12.8. The highest BCUT2D eigenvalue weighted by molar-refractivity contribution is 9.11. The van der Waals surface area contributed by atoms with Crippen molar-refractivity contribution in [3.05, 3.63) is 21.1 Å². The fourth-order valence-electron chi connectivity index (χ4n) is 1.37. The molecule has 2 unspecified atom stereocenters. The summed E-state index contributed by atoms with van der Waals surface area (Å²) in [6.45, 7) is 1.24. The Bertz CT molecular complexity index is 452. The number of hydrogen-bond donors (Lipinski definition) is 1. The Morgan fingerprint density at radius 1 is 1.16 bits per heavy atom. The van der Waals surface area contributed by atoms with Crippen molar-refractivity contribution in [3.63, 3.8) is 0 Å². The molecule has 0 aliphatic carbocycles. The summed E-state index contributed by atoms with van der Waals surface area (Å²) in [7, 11) is 1.45. The summed E-state index contributed by atoms with van der Waals surface area (Å²) in [6.07, 6.45) is -6.62. The van der Waals surface area contributed by atoms with Crippen molar-refractivity contribution in [2.75, 3.05) is 7.11 Å². The van der Waals surface area contributed by atoms with Gasteiger partial charge in [-0.25, -0.2) is 0 Å². The van der Waals surface area contributed by atoms with Crippen LogP contribution in [0.25, 0.3) is 0 Å². The summed E-state index contributed by atoms with van der Waals surface area (Å²) >= 11 is 6.31. The molecule has 0 saturated heterocycles. The van der Waals surface area contributed by atoms with Gasteiger partial charge in [0, 0.05) is 6.04 Å². The highest BCUT2D eigenvalue weighted by atomic mass is 79.9. The number of halogens is 5. The van der Waals surface area contributed by atoms with E-state index in [4.69, 9.17) is 15.2 Å². The first-order valence-electron chi connectivity index (χ1n) is 5.18. The minimum Gasteiger partial charge on any atom is -0.496 e. The molecule has 1 aromatic rings. The fourth-order valence-corrected chi connectivity index (χ4v) is 2.27. The summed E-state index contributed by atoms with van der Waals surface area (Å²) in [5.74, 6) is 0.510. The molecule has 1 rings (SSSR count). The van der Waals surface area contributed by atoms with Gasteiger partial charge in [-0.3, -0.25) is 0 Å². The smallest absolute Gasteiger partial charge is 0.426 e. The van der Waals surface area contributed by atoms with E-state index in [-0.39, 0.29) is 5.75 Å². The van der Waals surface area contributed by atoms with Crippen molar-refractivity contribution >= 4 is 31.9 Å². The highest BCUT2D eigenvalue weighted by Gasteiger charge is 2.44. The second kappa shape index (κ2) is 6.32. The van der Waals surface area contributed by atoms with Crippen LogP contribution in [0.4, 0.5) is 13.2 Å². The molecular weight excluding hydrogens is 395 g/mol. The molecule has 0 spiro atoms. The number of rotatable bonds is 4. The van der Waals surface area contributed by atoms with E-state index in [0.29, 0.717) is 14.7 Å². The number of ether oxygens (including phenoxy) is 2. The van der Waals surface area contributed by atoms with E-state index in [2.05, 4.69) is 31.9 Å². The number of hydrogen-bond acceptors (Lipinski definition) is 3. The summed E-state index contributed by atoms with van der Waals surface area (Å²) in [5.41, 5.74) is 5.32. The summed E-state index contributed by atoms with van der Waals surface area (Å²) < 4.78 is 49.2. The van der Waals surface area contributed by atoms with Crippen LogP contribution in [0, 0.1) is 0 Å². The van der Waals surface area contributed by atoms with Crippen LogP contribution < -0.4 is 15.2 Å². The number of methoxy groups -OCH3 is 1. The number of nitrogens with two attached hydrogens (primary N) is 1. The highest BCUT2D eigenvalue weighted by Crippen LogP contribution is 2.38. The maximum Gasteiger partial charge on any atom is 0.426 e. The van der Waals surface area contributed by atoms with Crippen molar-refractivity contribution in [1.82, 2.24) is 0 Å². The molecule has 1 aromatic carbocycles. The standard InChI is InChI=1S/C11H12Br2F3NO2/c1-5(17)10(11(14,15)16)19-9-4-6(12)8(18-2)3-7(9)13/h3-5,10H,17H2,1-2H3. The first-order chi connectivity index (χ1) is 8.66. The molecule has 0 aliphatic rings. The first kappa shape index (κ1) is 16.6. The van der Waals surface area contributed by atoms with Gasteiger partial charge in [0.1, 0.15) is 11.5 Å². The zero-order valence-corrected chi connectivity index (χ0v) is 13.3. The largest absolute Gasteiger partial charge is 0.496 e. The van der Waals surface area contributed by atoms with E-state index in [9.17, 15) is 13.2 Å². The molecule has 0 fully saturated rings. The molecule has 2 N–H and O–H groups in total. The van der Waals surface area contributed by atoms with Gasteiger partial charge < -0.3 is 15.2 Å². The van der Waals surface area contributed by atoms with E-state index < -0.39 is 18.3 Å². The zero-order chi connectivity index (χ0) is 14.8. The lowest BCUT2D eigenvalue weighted by Crippen LogP contribution is -2.47. The molecule has 0 bridgehead atoms. The van der Waals surface area contributed by atoms with Crippen LogP contribution in [0.1, 0.15) is 6.92 Å². The molecule has 19 heavy (non-hydrogen) atoms. The fraction of sp³-hybridized carbons (Fsp3) is 0.455. The van der Waals surface area contributed by atoms with Gasteiger partial charge in [-0.2, -0.15) is 13.2 Å². The number of alkyl halides is 3. The summed E-state index contributed by atoms with van der Waals surface area (Å²) in [5, 5.41) is 0. The van der Waals surface area contributed by atoms with Crippen molar-refractivity contribution in [1.29, 1.82) is 0 Å². The van der Waals surface area contributed by atoms with Crippen LogP contribution in [0.5, 0.6) is 11.5 Å². The molecule has 8 heteroatoms. The Morgan fingerprint density at radius 2 is 1.63 bits per heavy atom. The maximum absolute atomic E-state index is 12.8. The van der Waals surface area contributed by atoms with Gasteiger partial charge in [-0.1, -0.05) is 0 Å². The molecule has 108 valence electrons. The van der Waals surface area contributed by atoms with E-state index in [1.165, 1.54) is 26.2 Å². The van der Waals surface area contributed by atoms with Crippen LogP contribution in [-0.2, 0) is 0 Å². The summed E-state index contributed by atoms with van der Waals surface area (Å²) in [6, 6.07) is 1.71. The molecule has 0 heterocycles. The average Bonchev–Trinajstić information content (AvgIpc) is 2.27. The lowest BCUT2D eigenvalue weighted by molar-refractivity contribution is -0.199. The minimum atomic E-state index is -4.54. The Kier molecular flexibility index (Phi) is 5.52. The molecule has 0 aromatic heterocycles. The van der Waals surface area contributed by atoms with Crippen LogP contribution in [-0.4, -0.2) is 25.4 Å². The van der Waals surface area contributed by atoms with E-state index in [1.807, 2.05) is 0 Å². The van der Waals surface area contributed by atoms with Gasteiger partial charge in [0.05, 0.1) is 16.1 Å². The topological polar surface area (TPSA) is 44.5 Å². The van der Waals surface area contributed by atoms with E-state index in [0.717, 1.165) is 0 Å². The van der Waals surface area contributed by atoms with Gasteiger partial charge in [0.2, 0.25) is 6.10 Å². The van der Waals surface area contributed by atoms with Gasteiger partial charge in [0.15, 0.2) is 0 Å². The Labute approximate surface area is 125 Å². The second-order valence-corrected chi connectivity index (χ2v) is 5.57. The Morgan fingerprint density at radius 3 is 2.05 bits per heavy atom. The normalized spacial score (nSPS) is 14.9. The Balaban J connectivity index is 3.07. The van der Waals surface area contributed by atoms with Crippen molar-refractivity contribution in [3.8, 4) is 11.5 Å². The molecule has 0 radical (unpaired) electrons. The average molecular weight is 407 g/mol. The lowest BCUT2D eigenvalue weighted by atomic mass is 10.2. The molecule has 3 nitrogen and oxygen atoms in total. The van der Waals surface area contributed by atoms with E-state index in [1.54, 1.807) is 0 Å². The van der Waals surface area contributed by atoms with Crippen LogP contribution in [0.2, 0.25) is 0 Å².